The fourth-order valence-corrected chi connectivity index (χ4v) is 4.30. The maximum absolute atomic E-state index is 12.4. The van der Waals surface area contributed by atoms with Crippen LogP contribution in [0, 0.1) is 5.92 Å². The summed E-state index contributed by atoms with van der Waals surface area (Å²) in [6, 6.07) is 3.78. The van der Waals surface area contributed by atoms with E-state index >= 15 is 0 Å². The van der Waals surface area contributed by atoms with Crippen LogP contribution in [0.5, 0.6) is 11.5 Å². The summed E-state index contributed by atoms with van der Waals surface area (Å²) in [4.78, 5) is 16.8. The quantitative estimate of drug-likeness (QED) is 0.690. The number of likely N-dealkylation sites (tertiary alicyclic amines) is 1. The Bertz CT molecular complexity index is 664. The number of carbonyl (C=O) groups excluding carboxylic acids is 1. The van der Waals surface area contributed by atoms with E-state index in [0.717, 1.165) is 51.1 Å². The third kappa shape index (κ3) is 5.52. The normalized spacial score (nSPS) is 20.8. The van der Waals surface area contributed by atoms with Crippen molar-refractivity contribution in [2.24, 2.45) is 5.92 Å². The van der Waals surface area contributed by atoms with Gasteiger partial charge in [0.05, 0.1) is 27.4 Å². The Hall–Kier alpha value is -1.50. The Labute approximate surface area is 172 Å². The molecule has 0 aromatic heterocycles. The maximum atomic E-state index is 12.4. The second-order valence-electron chi connectivity index (χ2n) is 7.57. The molecule has 156 valence electrons. The highest BCUT2D eigenvalue weighted by Crippen LogP contribution is 2.34. The van der Waals surface area contributed by atoms with Gasteiger partial charge in [-0.2, -0.15) is 0 Å². The fourth-order valence-electron chi connectivity index (χ4n) is 4.09. The van der Waals surface area contributed by atoms with Gasteiger partial charge in [-0.15, -0.1) is 0 Å². The second-order valence-corrected chi connectivity index (χ2v) is 7.98. The van der Waals surface area contributed by atoms with Crippen molar-refractivity contribution in [3.63, 3.8) is 0 Å². The van der Waals surface area contributed by atoms with Gasteiger partial charge in [0.1, 0.15) is 0 Å². The summed E-state index contributed by atoms with van der Waals surface area (Å²) in [5.41, 5.74) is 1.05. The standard InChI is InChI=1S/C21H31ClN2O4/c1-26-19-12-17(18(22)13-20(19)27-2)15-23-7-3-4-16(14-23)5-6-21(25)24-8-10-28-11-9-24/h12-13,16H,3-11,14-15H2,1-2H3/t16-/m0/s1. The predicted molar refractivity (Wildman–Crippen MR) is 109 cm³/mol. The molecule has 2 heterocycles. The summed E-state index contributed by atoms with van der Waals surface area (Å²) < 4.78 is 16.1. The van der Waals surface area contributed by atoms with E-state index in [1.807, 2.05) is 17.0 Å². The minimum absolute atomic E-state index is 0.267. The lowest BCUT2D eigenvalue weighted by Crippen LogP contribution is -2.41. The zero-order chi connectivity index (χ0) is 19.9. The monoisotopic (exact) mass is 410 g/mol. The number of nitrogens with zero attached hydrogens (tertiary/aromatic N) is 2. The number of benzene rings is 1. The SMILES string of the molecule is COc1cc(Cl)c(CN2CCC[C@@H](CCC(=O)N3CCOCC3)C2)cc1OC. The van der Waals surface area contributed by atoms with Crippen LogP contribution in [-0.2, 0) is 16.1 Å². The molecule has 0 bridgehead atoms. The summed E-state index contributed by atoms with van der Waals surface area (Å²) >= 11 is 6.46. The van der Waals surface area contributed by atoms with Crippen LogP contribution < -0.4 is 9.47 Å². The molecule has 0 spiro atoms. The molecule has 1 aromatic rings. The first-order valence-electron chi connectivity index (χ1n) is 10.1. The average molecular weight is 411 g/mol. The third-order valence-corrected chi connectivity index (χ3v) is 6.03. The van der Waals surface area contributed by atoms with E-state index < -0.39 is 0 Å². The summed E-state index contributed by atoms with van der Waals surface area (Å²) in [5, 5.41) is 0.697. The molecule has 1 atom stereocenters. The average Bonchev–Trinajstić information content (AvgIpc) is 2.74. The van der Waals surface area contributed by atoms with Gasteiger partial charge < -0.3 is 19.1 Å². The predicted octanol–water partition coefficient (Wildman–Crippen LogP) is 3.21. The van der Waals surface area contributed by atoms with Crippen LogP contribution in [0.2, 0.25) is 5.02 Å². The molecule has 2 saturated heterocycles. The van der Waals surface area contributed by atoms with Gasteiger partial charge in [0.25, 0.3) is 0 Å². The Kier molecular flexibility index (Phi) is 7.82. The van der Waals surface area contributed by atoms with Crippen LogP contribution in [0.1, 0.15) is 31.2 Å². The van der Waals surface area contributed by atoms with Crippen LogP contribution in [-0.4, -0.2) is 69.3 Å². The number of halogens is 1. The Morgan fingerprint density at radius 2 is 1.89 bits per heavy atom. The summed E-state index contributed by atoms with van der Waals surface area (Å²) in [6.45, 7) is 5.62. The number of hydrogen-bond acceptors (Lipinski definition) is 5. The molecule has 0 saturated carbocycles. The molecule has 1 amide bonds. The van der Waals surface area contributed by atoms with E-state index in [0.29, 0.717) is 42.1 Å². The van der Waals surface area contributed by atoms with Crippen molar-refractivity contribution in [2.75, 3.05) is 53.6 Å². The van der Waals surface area contributed by atoms with Gasteiger partial charge in [-0.3, -0.25) is 9.69 Å². The lowest BCUT2D eigenvalue weighted by molar-refractivity contribution is -0.135. The molecule has 6 nitrogen and oxygen atoms in total. The number of rotatable bonds is 7. The van der Waals surface area contributed by atoms with Crippen LogP contribution in [0.25, 0.3) is 0 Å². The van der Waals surface area contributed by atoms with Crippen LogP contribution >= 0.6 is 11.6 Å². The van der Waals surface area contributed by atoms with Crippen molar-refractivity contribution < 1.29 is 19.0 Å². The van der Waals surface area contributed by atoms with E-state index in [1.54, 1.807) is 14.2 Å². The third-order valence-electron chi connectivity index (χ3n) is 5.68. The molecular formula is C21H31ClN2O4. The topological polar surface area (TPSA) is 51.2 Å². The Balaban J connectivity index is 1.53. The number of piperidine rings is 1. The first-order valence-corrected chi connectivity index (χ1v) is 10.5. The van der Waals surface area contributed by atoms with Gasteiger partial charge >= 0.3 is 0 Å². The van der Waals surface area contributed by atoms with E-state index in [9.17, 15) is 4.79 Å². The minimum atomic E-state index is 0.267. The van der Waals surface area contributed by atoms with Gasteiger partial charge in [-0.25, -0.2) is 0 Å². The lowest BCUT2D eigenvalue weighted by Gasteiger charge is -2.33. The molecule has 1 aromatic carbocycles. The van der Waals surface area contributed by atoms with E-state index in [2.05, 4.69) is 4.90 Å². The number of morpholine rings is 1. The number of amides is 1. The molecule has 2 aliphatic rings. The fraction of sp³-hybridized carbons (Fsp3) is 0.667. The Morgan fingerprint density at radius 3 is 2.61 bits per heavy atom. The largest absolute Gasteiger partial charge is 0.493 e. The zero-order valence-electron chi connectivity index (χ0n) is 16.9. The summed E-state index contributed by atoms with van der Waals surface area (Å²) in [7, 11) is 3.25. The maximum Gasteiger partial charge on any atom is 0.222 e. The molecule has 7 heteroatoms. The highest BCUT2D eigenvalue weighted by molar-refractivity contribution is 6.31. The molecule has 2 aliphatic heterocycles. The van der Waals surface area contributed by atoms with Crippen molar-refractivity contribution in [3.8, 4) is 11.5 Å². The first kappa shape index (κ1) is 21.2. The number of carbonyl (C=O) groups is 1. The van der Waals surface area contributed by atoms with Gasteiger partial charge in [-0.1, -0.05) is 11.6 Å². The molecule has 28 heavy (non-hydrogen) atoms. The van der Waals surface area contributed by atoms with Crippen LogP contribution in [0.4, 0.5) is 0 Å². The minimum Gasteiger partial charge on any atom is -0.493 e. The first-order chi connectivity index (χ1) is 13.6. The molecule has 0 aliphatic carbocycles. The van der Waals surface area contributed by atoms with Crippen LogP contribution in [0.15, 0.2) is 12.1 Å². The molecule has 0 radical (unpaired) electrons. The summed E-state index contributed by atoms with van der Waals surface area (Å²) in [5.74, 6) is 2.17. The number of ether oxygens (including phenoxy) is 3. The lowest BCUT2D eigenvalue weighted by atomic mass is 9.92. The van der Waals surface area contributed by atoms with E-state index in [-0.39, 0.29) is 5.91 Å². The van der Waals surface area contributed by atoms with Crippen molar-refractivity contribution in [3.05, 3.63) is 22.7 Å². The van der Waals surface area contributed by atoms with Crippen molar-refractivity contribution in [1.29, 1.82) is 0 Å². The second kappa shape index (κ2) is 10.3. The molecule has 2 fully saturated rings. The van der Waals surface area contributed by atoms with Crippen molar-refractivity contribution >= 4 is 17.5 Å². The smallest absolute Gasteiger partial charge is 0.222 e. The zero-order valence-corrected chi connectivity index (χ0v) is 17.7. The van der Waals surface area contributed by atoms with E-state index in [1.165, 1.54) is 6.42 Å². The number of methoxy groups -OCH3 is 2. The summed E-state index contributed by atoms with van der Waals surface area (Å²) in [6.07, 6.45) is 3.93. The molecule has 3 rings (SSSR count). The molecular weight excluding hydrogens is 380 g/mol. The van der Waals surface area contributed by atoms with Crippen molar-refractivity contribution in [2.45, 2.75) is 32.2 Å². The Morgan fingerprint density at radius 1 is 1.18 bits per heavy atom. The molecule has 0 unspecified atom stereocenters. The highest BCUT2D eigenvalue weighted by atomic mass is 35.5. The highest BCUT2D eigenvalue weighted by Gasteiger charge is 2.24. The van der Waals surface area contributed by atoms with Gasteiger partial charge in [0.2, 0.25) is 5.91 Å². The van der Waals surface area contributed by atoms with E-state index in [4.69, 9.17) is 25.8 Å². The number of hydrogen-bond donors (Lipinski definition) is 0. The van der Waals surface area contributed by atoms with Crippen LogP contribution in [0.3, 0.4) is 0 Å². The van der Waals surface area contributed by atoms with Gasteiger partial charge in [0.15, 0.2) is 11.5 Å². The molecule has 0 N–H and O–H groups in total. The van der Waals surface area contributed by atoms with Gasteiger partial charge in [0, 0.05) is 43.7 Å². The van der Waals surface area contributed by atoms with Crippen molar-refractivity contribution in [1.82, 2.24) is 9.80 Å². The van der Waals surface area contributed by atoms with Gasteiger partial charge in [-0.05, 0) is 43.4 Å².